The highest BCUT2D eigenvalue weighted by atomic mass is 35.5. The lowest BCUT2D eigenvalue weighted by Crippen LogP contribution is -2.35. The molecule has 2 heterocycles. The number of ketones is 1. The topological polar surface area (TPSA) is 118 Å². The van der Waals surface area contributed by atoms with Crippen LogP contribution in [0.2, 0.25) is 5.02 Å². The average Bonchev–Trinajstić information content (AvgIpc) is 3.48. The molecule has 1 amide bonds. The fourth-order valence-corrected chi connectivity index (χ4v) is 4.03. The highest BCUT2D eigenvalue weighted by Gasteiger charge is 2.23. The van der Waals surface area contributed by atoms with Crippen molar-refractivity contribution in [1.82, 2.24) is 5.32 Å². The Bertz CT molecular complexity index is 1220. The van der Waals surface area contributed by atoms with Gasteiger partial charge in [0.05, 0.1) is 17.0 Å². The van der Waals surface area contributed by atoms with E-state index in [0.29, 0.717) is 12.2 Å². The van der Waals surface area contributed by atoms with E-state index in [0.717, 1.165) is 25.2 Å². The Kier molecular flexibility index (Phi) is 6.95. The van der Waals surface area contributed by atoms with Crippen LogP contribution in [0.4, 0.5) is 17.1 Å². The van der Waals surface area contributed by atoms with Gasteiger partial charge >= 0.3 is 0 Å². The van der Waals surface area contributed by atoms with Gasteiger partial charge in [0.25, 0.3) is 11.6 Å². The minimum Gasteiger partial charge on any atom is -0.451 e. The molecule has 1 aliphatic rings. The molecule has 0 saturated carbocycles. The number of hydrogen-bond acceptors (Lipinski definition) is 7. The van der Waals surface area contributed by atoms with Gasteiger partial charge in [-0.2, -0.15) is 0 Å². The van der Waals surface area contributed by atoms with Gasteiger partial charge in [0.2, 0.25) is 0 Å². The summed E-state index contributed by atoms with van der Waals surface area (Å²) < 4.78 is 5.59. The summed E-state index contributed by atoms with van der Waals surface area (Å²) in [6, 6.07) is 15.0. The number of nitrogens with zero attached hydrogens (tertiary/aromatic N) is 2. The number of anilines is 2. The molecule has 0 aliphatic carbocycles. The normalized spacial score (nSPS) is 15.4. The Labute approximate surface area is 200 Å². The van der Waals surface area contributed by atoms with Gasteiger partial charge in [-0.05, 0) is 61.9 Å². The van der Waals surface area contributed by atoms with Crippen molar-refractivity contribution < 1.29 is 18.9 Å². The molecular formula is C24H23ClN4O5. The van der Waals surface area contributed by atoms with Crippen LogP contribution in [0.25, 0.3) is 11.3 Å². The molecular weight excluding hydrogens is 460 g/mol. The third-order valence-corrected chi connectivity index (χ3v) is 5.81. The van der Waals surface area contributed by atoms with Crippen LogP contribution in [0.15, 0.2) is 59.0 Å². The zero-order valence-electron chi connectivity index (χ0n) is 18.4. The Balaban J connectivity index is 1.39. The largest absolute Gasteiger partial charge is 0.451 e. The molecule has 176 valence electrons. The van der Waals surface area contributed by atoms with Crippen molar-refractivity contribution in [3.63, 3.8) is 0 Å². The predicted molar refractivity (Wildman–Crippen MR) is 130 cm³/mol. The number of rotatable bonds is 8. The lowest BCUT2D eigenvalue weighted by Gasteiger charge is -2.19. The lowest BCUT2D eigenvalue weighted by atomic mass is 10.1. The fourth-order valence-electron chi connectivity index (χ4n) is 3.87. The van der Waals surface area contributed by atoms with Crippen molar-refractivity contribution in [2.45, 2.75) is 19.4 Å². The zero-order valence-corrected chi connectivity index (χ0v) is 19.2. The molecule has 0 spiro atoms. The number of Topliss-reactive ketones (excluding diaryl/α,β-unsaturated/α-hetero) is 1. The standard InChI is InChI=1S/C24H23ClN4O5/c1-15(30)13-26-18-10-11-28(14-18)19-5-3-17(4-6-19)27-24(31)23-9-8-22(34-23)20-7-2-16(25)12-21(20)29(32)33/h2-9,12,18,26H,10-11,13-14H2,1H3,(H,27,31). The summed E-state index contributed by atoms with van der Waals surface area (Å²) >= 11 is 5.86. The van der Waals surface area contributed by atoms with Crippen LogP contribution in [0.1, 0.15) is 23.9 Å². The number of amides is 1. The molecule has 9 nitrogen and oxygen atoms in total. The molecule has 0 bridgehead atoms. The monoisotopic (exact) mass is 482 g/mol. The number of carbonyl (C=O) groups is 2. The van der Waals surface area contributed by atoms with Crippen LogP contribution >= 0.6 is 11.6 Å². The van der Waals surface area contributed by atoms with Crippen molar-refractivity contribution in [2.24, 2.45) is 0 Å². The van der Waals surface area contributed by atoms with Crippen LogP contribution in [0.3, 0.4) is 0 Å². The second-order valence-corrected chi connectivity index (χ2v) is 8.53. The number of nitro groups is 1. The summed E-state index contributed by atoms with van der Waals surface area (Å²) in [5.74, 6) is -0.119. The maximum atomic E-state index is 12.6. The number of nitro benzene ring substituents is 1. The van der Waals surface area contributed by atoms with Crippen LogP contribution < -0.4 is 15.5 Å². The highest BCUT2D eigenvalue weighted by Crippen LogP contribution is 2.33. The first-order chi connectivity index (χ1) is 16.3. The minimum atomic E-state index is -0.549. The van der Waals surface area contributed by atoms with Gasteiger partial charge in [0.15, 0.2) is 5.76 Å². The van der Waals surface area contributed by atoms with Gasteiger partial charge in [0.1, 0.15) is 11.5 Å². The SMILES string of the molecule is CC(=O)CNC1CCN(c2ccc(NC(=O)c3ccc(-c4ccc(Cl)cc4[N+](=O)[O-])o3)cc2)C1. The van der Waals surface area contributed by atoms with Crippen LogP contribution in [-0.2, 0) is 4.79 Å². The third kappa shape index (κ3) is 5.44. The van der Waals surface area contributed by atoms with E-state index in [2.05, 4.69) is 15.5 Å². The Morgan fingerprint density at radius 1 is 1.18 bits per heavy atom. The van der Waals surface area contributed by atoms with E-state index >= 15 is 0 Å². The molecule has 2 aromatic carbocycles. The third-order valence-electron chi connectivity index (χ3n) is 5.57. The first-order valence-electron chi connectivity index (χ1n) is 10.7. The van der Waals surface area contributed by atoms with Crippen molar-refractivity contribution in [3.05, 3.63) is 75.5 Å². The Morgan fingerprint density at radius 3 is 2.65 bits per heavy atom. The molecule has 1 aliphatic heterocycles. The number of halogens is 1. The molecule has 3 aromatic rings. The molecule has 1 fully saturated rings. The maximum Gasteiger partial charge on any atom is 0.291 e. The fraction of sp³-hybridized carbons (Fsp3) is 0.250. The van der Waals surface area contributed by atoms with Gasteiger partial charge in [-0.15, -0.1) is 0 Å². The minimum absolute atomic E-state index is 0.0299. The molecule has 1 saturated heterocycles. The summed E-state index contributed by atoms with van der Waals surface area (Å²) in [6.07, 6.45) is 0.957. The van der Waals surface area contributed by atoms with E-state index in [-0.39, 0.29) is 39.6 Å². The second kappa shape index (κ2) is 10.1. The maximum absolute atomic E-state index is 12.6. The summed E-state index contributed by atoms with van der Waals surface area (Å²) in [6.45, 7) is 3.64. The van der Waals surface area contributed by atoms with Crippen molar-refractivity contribution in [2.75, 3.05) is 29.9 Å². The first kappa shape index (κ1) is 23.5. The van der Waals surface area contributed by atoms with Crippen molar-refractivity contribution >= 4 is 40.4 Å². The number of hydrogen-bond donors (Lipinski definition) is 2. The quantitative estimate of drug-likeness (QED) is 0.358. The van der Waals surface area contributed by atoms with E-state index in [1.54, 1.807) is 19.1 Å². The summed E-state index contributed by atoms with van der Waals surface area (Å²) in [5.41, 5.74) is 1.65. The van der Waals surface area contributed by atoms with E-state index < -0.39 is 10.8 Å². The average molecular weight is 483 g/mol. The van der Waals surface area contributed by atoms with Gasteiger partial charge in [-0.3, -0.25) is 19.7 Å². The van der Waals surface area contributed by atoms with E-state index in [4.69, 9.17) is 16.0 Å². The molecule has 2 N–H and O–H groups in total. The summed E-state index contributed by atoms with van der Waals surface area (Å²) in [5, 5.41) is 17.6. The van der Waals surface area contributed by atoms with E-state index in [9.17, 15) is 19.7 Å². The van der Waals surface area contributed by atoms with Crippen LogP contribution in [0.5, 0.6) is 0 Å². The molecule has 1 aromatic heterocycles. The Morgan fingerprint density at radius 2 is 1.94 bits per heavy atom. The first-order valence-corrected chi connectivity index (χ1v) is 11.1. The Hall–Kier alpha value is -3.69. The smallest absolute Gasteiger partial charge is 0.291 e. The van der Waals surface area contributed by atoms with Crippen LogP contribution in [0, 0.1) is 10.1 Å². The summed E-state index contributed by atoms with van der Waals surface area (Å²) in [7, 11) is 0. The molecule has 1 unspecified atom stereocenters. The molecule has 4 rings (SSSR count). The second-order valence-electron chi connectivity index (χ2n) is 8.10. The number of benzene rings is 2. The van der Waals surface area contributed by atoms with E-state index in [1.807, 2.05) is 12.1 Å². The van der Waals surface area contributed by atoms with Gasteiger partial charge < -0.3 is 20.0 Å². The van der Waals surface area contributed by atoms with Crippen LogP contribution in [-0.4, -0.2) is 42.3 Å². The summed E-state index contributed by atoms with van der Waals surface area (Å²) in [4.78, 5) is 36.8. The number of furan rings is 1. The van der Waals surface area contributed by atoms with Crippen molar-refractivity contribution in [3.8, 4) is 11.3 Å². The van der Waals surface area contributed by atoms with Crippen molar-refractivity contribution in [1.29, 1.82) is 0 Å². The number of carbonyl (C=O) groups excluding carboxylic acids is 2. The lowest BCUT2D eigenvalue weighted by molar-refractivity contribution is -0.384. The molecule has 10 heteroatoms. The molecule has 0 radical (unpaired) electrons. The van der Waals surface area contributed by atoms with E-state index in [1.165, 1.54) is 30.3 Å². The van der Waals surface area contributed by atoms with Gasteiger partial charge in [-0.25, -0.2) is 0 Å². The highest BCUT2D eigenvalue weighted by molar-refractivity contribution is 6.30. The molecule has 1 atom stereocenters. The predicted octanol–water partition coefficient (Wildman–Crippen LogP) is 4.52. The van der Waals surface area contributed by atoms with Gasteiger partial charge in [0, 0.05) is 41.6 Å². The number of nitrogens with one attached hydrogen (secondary N) is 2. The zero-order chi connectivity index (χ0) is 24.2. The molecule has 34 heavy (non-hydrogen) atoms. The van der Waals surface area contributed by atoms with Gasteiger partial charge in [-0.1, -0.05) is 11.6 Å².